The zero-order valence-corrected chi connectivity index (χ0v) is 23.2. The molecule has 0 N–H and O–H groups in total. The van der Waals surface area contributed by atoms with E-state index in [-0.39, 0.29) is 19.5 Å². The Kier molecular flexibility index (Phi) is 16.5. The zero-order chi connectivity index (χ0) is 25.3. The minimum Gasteiger partial charge on any atom is -0.753 e. The Balaban J connectivity index is 0.000000528. The van der Waals surface area contributed by atoms with Crippen molar-refractivity contribution < 1.29 is 19.5 Å². The molecule has 0 aliphatic heterocycles. The normalized spacial score (nSPS) is 8.57. The number of rotatable bonds is 2. The van der Waals surface area contributed by atoms with Gasteiger partial charge in [-0.05, 0) is 98.5 Å². The average molecular weight is 586 g/mol. The van der Waals surface area contributed by atoms with Crippen molar-refractivity contribution in [2.75, 3.05) is 0 Å². The largest absolute Gasteiger partial charge is 2.00 e. The second kappa shape index (κ2) is 18.2. The van der Waals surface area contributed by atoms with Crippen LogP contribution in [-0.2, 0) is 19.5 Å². The number of pyridine rings is 4. The maximum Gasteiger partial charge on any atom is 2.00 e. The van der Waals surface area contributed by atoms with E-state index in [0.29, 0.717) is 0 Å². The molecule has 178 valence electrons. The number of aryl methyl sites for hydroxylation is 4. The van der Waals surface area contributed by atoms with Gasteiger partial charge in [-0.25, -0.2) is 0 Å². The number of hydrogen-bond donors (Lipinski definition) is 0. The van der Waals surface area contributed by atoms with Gasteiger partial charge in [-0.15, -0.1) is 0 Å². The summed E-state index contributed by atoms with van der Waals surface area (Å²) in [5.41, 5.74) is 8.58. The molecule has 0 aliphatic rings. The van der Waals surface area contributed by atoms with Gasteiger partial charge in [0.2, 0.25) is 0 Å². The van der Waals surface area contributed by atoms with Gasteiger partial charge in [-0.3, -0.25) is 19.9 Å². The molecule has 0 spiro atoms. The molecular formula is C26H24N6RuS2. The van der Waals surface area contributed by atoms with Crippen LogP contribution in [-0.4, -0.2) is 30.3 Å². The monoisotopic (exact) mass is 586 g/mol. The van der Waals surface area contributed by atoms with Crippen molar-refractivity contribution in [3.05, 3.63) is 106 Å². The minimum absolute atomic E-state index is 0. The molecule has 0 aromatic carbocycles. The van der Waals surface area contributed by atoms with Gasteiger partial charge in [0.15, 0.2) is 0 Å². The molecule has 0 aliphatic carbocycles. The molecule has 0 saturated carbocycles. The van der Waals surface area contributed by atoms with Crippen LogP contribution < -0.4 is 0 Å². The maximum atomic E-state index is 7.13. The molecule has 0 unspecified atom stereocenters. The number of hydrogen-bond acceptors (Lipinski definition) is 6. The predicted molar refractivity (Wildman–Crippen MR) is 146 cm³/mol. The summed E-state index contributed by atoms with van der Waals surface area (Å²) in [6.07, 6.45) is 7.26. The Morgan fingerprint density at radius 3 is 0.829 bits per heavy atom. The molecule has 4 aromatic rings. The Hall–Kier alpha value is -3.18. The summed E-state index contributed by atoms with van der Waals surface area (Å²) >= 11 is 7.40. The minimum atomic E-state index is 0. The molecule has 0 fully saturated rings. The molecule has 4 rings (SSSR count). The summed E-state index contributed by atoms with van der Waals surface area (Å²) in [4.78, 5) is 17.2. The third kappa shape index (κ3) is 12.7. The van der Waals surface area contributed by atoms with Crippen LogP contribution >= 0.6 is 24.4 Å². The van der Waals surface area contributed by atoms with Crippen LogP contribution in [0.3, 0.4) is 0 Å². The quantitative estimate of drug-likeness (QED) is 0.145. The van der Waals surface area contributed by atoms with Gasteiger partial charge in [-0.1, -0.05) is 24.4 Å². The van der Waals surface area contributed by atoms with Crippen molar-refractivity contribution in [1.29, 1.82) is 0 Å². The van der Waals surface area contributed by atoms with E-state index in [1.807, 2.05) is 73.3 Å². The smallest absolute Gasteiger partial charge is 0.753 e. The molecule has 9 heteroatoms. The Labute approximate surface area is 230 Å². The SMILES string of the molecule is Cc1ccnc(-c2cc(C)ccn2)c1.Cc1ccnc(-c2cc(C)ccn2)c1.[N-]=C=S.[N-]=C=S.[Ru+2]. The van der Waals surface area contributed by atoms with Crippen molar-refractivity contribution in [3.8, 4) is 22.8 Å². The van der Waals surface area contributed by atoms with E-state index in [1.54, 1.807) is 0 Å². The summed E-state index contributed by atoms with van der Waals surface area (Å²) in [5.74, 6) is 0. The van der Waals surface area contributed by atoms with Gasteiger partial charge in [0.1, 0.15) is 0 Å². The number of nitrogens with zero attached hydrogens (tertiary/aromatic N) is 6. The first-order chi connectivity index (χ1) is 16.3. The fraction of sp³-hybridized carbons (Fsp3) is 0.154. The van der Waals surface area contributed by atoms with Gasteiger partial charge in [-0.2, -0.15) is 10.3 Å². The molecule has 4 aromatic heterocycles. The van der Waals surface area contributed by atoms with Crippen LogP contribution in [0, 0.1) is 27.7 Å². The van der Waals surface area contributed by atoms with Crippen molar-refractivity contribution in [2.24, 2.45) is 0 Å². The second-order valence-electron chi connectivity index (χ2n) is 7.06. The van der Waals surface area contributed by atoms with Crippen molar-refractivity contribution in [3.63, 3.8) is 0 Å². The summed E-state index contributed by atoms with van der Waals surface area (Å²) in [6.45, 7) is 8.23. The van der Waals surface area contributed by atoms with E-state index in [1.165, 1.54) is 32.6 Å². The van der Waals surface area contributed by atoms with E-state index in [0.717, 1.165) is 22.8 Å². The molecular weight excluding hydrogens is 562 g/mol. The number of thiocarbonyl (C=S) groups is 2. The van der Waals surface area contributed by atoms with Gasteiger partial charge in [0, 0.05) is 24.8 Å². The van der Waals surface area contributed by atoms with Crippen LogP contribution in [0.4, 0.5) is 0 Å². The zero-order valence-electron chi connectivity index (χ0n) is 19.8. The van der Waals surface area contributed by atoms with E-state index >= 15 is 0 Å². The molecule has 0 bridgehead atoms. The van der Waals surface area contributed by atoms with E-state index in [2.05, 4.69) is 72.1 Å². The van der Waals surface area contributed by atoms with Crippen molar-refractivity contribution in [2.45, 2.75) is 27.7 Å². The third-order valence-electron chi connectivity index (χ3n) is 4.19. The van der Waals surface area contributed by atoms with Crippen LogP contribution in [0.15, 0.2) is 73.3 Å². The fourth-order valence-corrected chi connectivity index (χ4v) is 2.70. The number of aromatic nitrogens is 4. The second-order valence-corrected chi connectivity index (χ2v) is 7.42. The van der Waals surface area contributed by atoms with E-state index < -0.39 is 0 Å². The predicted octanol–water partition coefficient (Wildman–Crippen LogP) is 6.84. The third-order valence-corrected chi connectivity index (χ3v) is 4.19. The van der Waals surface area contributed by atoms with E-state index in [9.17, 15) is 0 Å². The van der Waals surface area contributed by atoms with Crippen molar-refractivity contribution >= 4 is 34.8 Å². The van der Waals surface area contributed by atoms with Gasteiger partial charge in [0.05, 0.1) is 22.8 Å². The first kappa shape index (κ1) is 31.8. The Morgan fingerprint density at radius 2 is 0.686 bits per heavy atom. The molecule has 35 heavy (non-hydrogen) atoms. The topological polar surface area (TPSA) is 96.2 Å². The summed E-state index contributed by atoms with van der Waals surface area (Å²) in [7, 11) is 0. The van der Waals surface area contributed by atoms with Crippen molar-refractivity contribution in [1.82, 2.24) is 19.9 Å². The molecule has 0 amide bonds. The molecule has 0 atom stereocenters. The average Bonchev–Trinajstić information content (AvgIpc) is 2.81. The first-order valence-electron chi connectivity index (χ1n) is 10.1. The number of isothiocyanates is 2. The fourth-order valence-electron chi connectivity index (χ4n) is 2.70. The molecule has 4 heterocycles. The summed E-state index contributed by atoms with van der Waals surface area (Å²) < 4.78 is 0. The summed E-state index contributed by atoms with van der Waals surface area (Å²) in [5, 5.41) is 16.9. The standard InChI is InChI=1S/2C12H12N2.2CNS.Ru/c2*1-9-3-5-13-11(7-9)12-8-10(2)4-6-14-12;2*2-1-3;/h2*3-8H,1-2H3;;;/q;;2*-1;+2. The summed E-state index contributed by atoms with van der Waals surface area (Å²) in [6, 6.07) is 16.1. The van der Waals surface area contributed by atoms with Gasteiger partial charge < -0.3 is 10.8 Å². The molecule has 0 radical (unpaired) electrons. The Bertz CT molecular complexity index is 1080. The first-order valence-corrected chi connectivity index (χ1v) is 10.9. The Morgan fingerprint density at radius 1 is 0.514 bits per heavy atom. The van der Waals surface area contributed by atoms with Gasteiger partial charge >= 0.3 is 19.5 Å². The molecule has 0 saturated heterocycles. The van der Waals surface area contributed by atoms with Crippen LogP contribution in [0.25, 0.3) is 33.6 Å². The van der Waals surface area contributed by atoms with E-state index in [4.69, 9.17) is 10.8 Å². The van der Waals surface area contributed by atoms with Crippen LogP contribution in [0.5, 0.6) is 0 Å². The molecule has 6 nitrogen and oxygen atoms in total. The maximum absolute atomic E-state index is 7.13. The van der Waals surface area contributed by atoms with Crippen LogP contribution in [0.1, 0.15) is 22.3 Å². The van der Waals surface area contributed by atoms with Crippen LogP contribution in [0.2, 0.25) is 0 Å². The van der Waals surface area contributed by atoms with Gasteiger partial charge in [0.25, 0.3) is 0 Å².